The zero-order valence-corrected chi connectivity index (χ0v) is 14.0. The maximum atomic E-state index is 12.8. The number of rotatable bonds is 3. The predicted molar refractivity (Wildman–Crippen MR) is 86.4 cm³/mol. The Morgan fingerprint density at radius 1 is 1.25 bits per heavy atom. The normalized spacial score (nSPS) is 17.1. The van der Waals surface area contributed by atoms with Gasteiger partial charge >= 0.3 is 0 Å². The summed E-state index contributed by atoms with van der Waals surface area (Å²) in [6.07, 6.45) is 6.26. The van der Waals surface area contributed by atoms with Gasteiger partial charge in [0.2, 0.25) is 0 Å². The lowest BCUT2D eigenvalue weighted by atomic mass is 10.1. The van der Waals surface area contributed by atoms with Gasteiger partial charge in [-0.3, -0.25) is 14.7 Å². The van der Waals surface area contributed by atoms with Gasteiger partial charge in [-0.05, 0) is 19.8 Å². The quantitative estimate of drug-likeness (QED) is 0.913. The standard InChI is InChI=1S/C16H20N6O2/c1-10-17-7-11(8-18-10)15(23)22-6-4-5-13(22)14-12(9-19-20-14)16(24)21(2)3/h7-9,13H,4-6H2,1-3H3,(H,19,20)/t13-/m0/s1. The molecule has 1 saturated heterocycles. The van der Waals surface area contributed by atoms with E-state index >= 15 is 0 Å². The van der Waals surface area contributed by atoms with E-state index < -0.39 is 0 Å². The monoisotopic (exact) mass is 328 g/mol. The van der Waals surface area contributed by atoms with Crippen LogP contribution in [0.1, 0.15) is 51.1 Å². The van der Waals surface area contributed by atoms with Crippen molar-refractivity contribution in [3.05, 3.63) is 41.2 Å². The van der Waals surface area contributed by atoms with Crippen molar-refractivity contribution >= 4 is 11.8 Å². The molecule has 1 fully saturated rings. The highest BCUT2D eigenvalue weighted by molar-refractivity contribution is 5.96. The minimum atomic E-state index is -0.194. The van der Waals surface area contributed by atoms with Gasteiger partial charge in [0, 0.05) is 33.0 Å². The van der Waals surface area contributed by atoms with Gasteiger partial charge in [-0.25, -0.2) is 9.97 Å². The molecule has 1 aliphatic heterocycles. The Kier molecular flexibility index (Phi) is 4.28. The van der Waals surface area contributed by atoms with Crippen molar-refractivity contribution in [2.45, 2.75) is 25.8 Å². The van der Waals surface area contributed by atoms with Crippen LogP contribution in [-0.2, 0) is 0 Å². The van der Waals surface area contributed by atoms with E-state index in [1.54, 1.807) is 38.3 Å². The number of hydrogen-bond donors (Lipinski definition) is 1. The number of aromatic nitrogens is 4. The van der Waals surface area contributed by atoms with E-state index in [2.05, 4.69) is 20.2 Å². The Hall–Kier alpha value is -2.77. The minimum Gasteiger partial charge on any atom is -0.345 e. The van der Waals surface area contributed by atoms with E-state index in [0.717, 1.165) is 12.8 Å². The lowest BCUT2D eigenvalue weighted by Crippen LogP contribution is -2.32. The molecule has 1 atom stereocenters. The lowest BCUT2D eigenvalue weighted by Gasteiger charge is -2.25. The third kappa shape index (κ3) is 2.86. The van der Waals surface area contributed by atoms with E-state index in [0.29, 0.717) is 29.2 Å². The molecule has 1 aliphatic rings. The van der Waals surface area contributed by atoms with E-state index in [4.69, 9.17) is 0 Å². The molecule has 8 nitrogen and oxygen atoms in total. The lowest BCUT2D eigenvalue weighted by molar-refractivity contribution is 0.0724. The van der Waals surface area contributed by atoms with E-state index in [1.165, 1.54) is 11.1 Å². The summed E-state index contributed by atoms with van der Waals surface area (Å²) in [6, 6.07) is -0.194. The molecule has 3 rings (SSSR count). The van der Waals surface area contributed by atoms with Crippen LogP contribution in [0.3, 0.4) is 0 Å². The summed E-state index contributed by atoms with van der Waals surface area (Å²) in [5, 5.41) is 6.92. The SMILES string of the molecule is Cc1ncc(C(=O)N2CCC[C@H]2c2[nH]ncc2C(=O)N(C)C)cn1. The molecule has 0 saturated carbocycles. The first-order valence-corrected chi connectivity index (χ1v) is 7.83. The number of carbonyl (C=O) groups excluding carboxylic acids is 2. The maximum absolute atomic E-state index is 12.8. The molecule has 2 amide bonds. The number of hydrogen-bond acceptors (Lipinski definition) is 5. The molecule has 2 aromatic heterocycles. The van der Waals surface area contributed by atoms with Gasteiger partial charge in [0.05, 0.1) is 29.1 Å². The Labute approximate surface area is 139 Å². The van der Waals surface area contributed by atoms with Crippen molar-refractivity contribution < 1.29 is 9.59 Å². The molecule has 8 heteroatoms. The van der Waals surface area contributed by atoms with Crippen LogP contribution < -0.4 is 0 Å². The fraction of sp³-hybridized carbons (Fsp3) is 0.438. The smallest absolute Gasteiger partial charge is 0.257 e. The van der Waals surface area contributed by atoms with E-state index in [1.807, 2.05) is 0 Å². The van der Waals surface area contributed by atoms with Crippen molar-refractivity contribution in [3.63, 3.8) is 0 Å². The number of nitrogens with one attached hydrogen (secondary N) is 1. The average molecular weight is 328 g/mol. The number of nitrogens with zero attached hydrogens (tertiary/aromatic N) is 5. The van der Waals surface area contributed by atoms with E-state index in [-0.39, 0.29) is 17.9 Å². The number of amides is 2. The molecule has 24 heavy (non-hydrogen) atoms. The summed E-state index contributed by atoms with van der Waals surface area (Å²) >= 11 is 0. The number of aryl methyl sites for hydroxylation is 1. The maximum Gasteiger partial charge on any atom is 0.257 e. The Balaban J connectivity index is 1.89. The molecule has 3 heterocycles. The summed E-state index contributed by atoms with van der Waals surface area (Å²) in [5.41, 5.74) is 1.64. The molecule has 126 valence electrons. The molecule has 0 aliphatic carbocycles. The molecule has 0 aromatic carbocycles. The molecule has 0 radical (unpaired) electrons. The van der Waals surface area contributed by atoms with Crippen molar-refractivity contribution in [2.75, 3.05) is 20.6 Å². The van der Waals surface area contributed by atoms with Gasteiger partial charge in [-0.2, -0.15) is 5.10 Å². The highest BCUT2D eigenvalue weighted by Crippen LogP contribution is 2.33. The highest BCUT2D eigenvalue weighted by atomic mass is 16.2. The number of carbonyl (C=O) groups is 2. The van der Waals surface area contributed by atoms with Gasteiger partial charge in [0.15, 0.2) is 0 Å². The number of aromatic amines is 1. The Morgan fingerprint density at radius 3 is 2.62 bits per heavy atom. The molecule has 1 N–H and O–H groups in total. The second-order valence-corrected chi connectivity index (χ2v) is 6.07. The van der Waals surface area contributed by atoms with Gasteiger partial charge in [0.1, 0.15) is 5.82 Å². The average Bonchev–Trinajstić information content (AvgIpc) is 3.22. The minimum absolute atomic E-state index is 0.128. The molecule has 2 aromatic rings. The van der Waals surface area contributed by atoms with Gasteiger partial charge in [-0.1, -0.05) is 0 Å². The summed E-state index contributed by atoms with van der Waals surface area (Å²) in [4.78, 5) is 36.5. The van der Waals surface area contributed by atoms with Crippen LogP contribution in [0.5, 0.6) is 0 Å². The van der Waals surface area contributed by atoms with Crippen LogP contribution >= 0.6 is 0 Å². The van der Waals surface area contributed by atoms with Crippen LogP contribution in [-0.4, -0.2) is 62.4 Å². The Bertz CT molecular complexity index is 752. The molecular weight excluding hydrogens is 308 g/mol. The summed E-state index contributed by atoms with van der Waals surface area (Å²) in [6.45, 7) is 2.41. The van der Waals surface area contributed by atoms with Gasteiger partial charge in [0.25, 0.3) is 11.8 Å². The number of H-pyrrole nitrogens is 1. The predicted octanol–water partition coefficient (Wildman–Crippen LogP) is 1.19. The first kappa shape index (κ1) is 16.1. The third-order valence-corrected chi connectivity index (χ3v) is 4.18. The summed E-state index contributed by atoms with van der Waals surface area (Å²) in [5.74, 6) is 0.365. The zero-order chi connectivity index (χ0) is 17.3. The van der Waals surface area contributed by atoms with Crippen LogP contribution in [0.25, 0.3) is 0 Å². The Morgan fingerprint density at radius 2 is 1.96 bits per heavy atom. The molecular formula is C16H20N6O2. The summed E-state index contributed by atoms with van der Waals surface area (Å²) < 4.78 is 0. The number of likely N-dealkylation sites (tertiary alicyclic amines) is 1. The van der Waals surface area contributed by atoms with Crippen molar-refractivity contribution in [1.29, 1.82) is 0 Å². The zero-order valence-electron chi connectivity index (χ0n) is 14.0. The summed E-state index contributed by atoms with van der Waals surface area (Å²) in [7, 11) is 3.39. The van der Waals surface area contributed by atoms with Crippen molar-refractivity contribution in [2.24, 2.45) is 0 Å². The largest absolute Gasteiger partial charge is 0.345 e. The van der Waals surface area contributed by atoms with Crippen LogP contribution in [0.15, 0.2) is 18.6 Å². The first-order chi connectivity index (χ1) is 11.5. The second kappa shape index (κ2) is 6.38. The van der Waals surface area contributed by atoms with Crippen LogP contribution in [0, 0.1) is 6.92 Å². The fourth-order valence-electron chi connectivity index (χ4n) is 2.94. The van der Waals surface area contributed by atoms with Crippen molar-refractivity contribution in [1.82, 2.24) is 30.0 Å². The second-order valence-electron chi connectivity index (χ2n) is 6.07. The fourth-order valence-corrected chi connectivity index (χ4v) is 2.94. The molecule has 0 bridgehead atoms. The van der Waals surface area contributed by atoms with Gasteiger partial charge < -0.3 is 9.80 Å². The van der Waals surface area contributed by atoms with E-state index in [9.17, 15) is 9.59 Å². The van der Waals surface area contributed by atoms with Crippen LogP contribution in [0.2, 0.25) is 0 Å². The topological polar surface area (TPSA) is 95.1 Å². The molecule has 0 unspecified atom stereocenters. The van der Waals surface area contributed by atoms with Gasteiger partial charge in [-0.15, -0.1) is 0 Å². The van der Waals surface area contributed by atoms with Crippen molar-refractivity contribution in [3.8, 4) is 0 Å². The molecule has 0 spiro atoms. The third-order valence-electron chi connectivity index (χ3n) is 4.18. The first-order valence-electron chi connectivity index (χ1n) is 7.83. The highest BCUT2D eigenvalue weighted by Gasteiger charge is 2.34. The van der Waals surface area contributed by atoms with Crippen LogP contribution in [0.4, 0.5) is 0 Å².